The molecule has 6 heteroatoms. The maximum atomic E-state index is 10.7. The van der Waals surface area contributed by atoms with Gasteiger partial charge in [0.1, 0.15) is 5.84 Å². The molecule has 0 saturated carbocycles. The van der Waals surface area contributed by atoms with Crippen molar-refractivity contribution < 1.29 is 9.90 Å². The van der Waals surface area contributed by atoms with Crippen LogP contribution in [0.2, 0.25) is 0 Å². The van der Waals surface area contributed by atoms with Gasteiger partial charge >= 0.3 is 5.97 Å². The van der Waals surface area contributed by atoms with Gasteiger partial charge in [0.2, 0.25) is 0 Å². The predicted molar refractivity (Wildman–Crippen MR) is 63.1 cm³/mol. The van der Waals surface area contributed by atoms with Crippen molar-refractivity contribution in [2.75, 3.05) is 5.88 Å². The molecule has 0 saturated heterocycles. The second-order valence-corrected chi connectivity index (χ2v) is 3.92. The molecule has 0 aromatic heterocycles. The van der Waals surface area contributed by atoms with E-state index >= 15 is 0 Å². The number of carbonyl (C=O) groups is 1. The lowest BCUT2D eigenvalue weighted by molar-refractivity contribution is 0.0697. The summed E-state index contributed by atoms with van der Waals surface area (Å²) in [4.78, 5) is 14.7. The number of nitrogens with two attached hydrogens (primary N) is 1. The molecule has 80 valence electrons. The smallest absolute Gasteiger partial charge is 0.335 e. The van der Waals surface area contributed by atoms with Gasteiger partial charge < -0.3 is 10.8 Å². The Morgan fingerprint density at radius 2 is 2.20 bits per heavy atom. The van der Waals surface area contributed by atoms with Crippen LogP contribution in [0.4, 0.5) is 5.69 Å². The molecule has 0 atom stereocenters. The number of carboxylic acid groups (broad SMARTS) is 1. The zero-order valence-corrected chi connectivity index (χ0v) is 9.92. The van der Waals surface area contributed by atoms with Crippen molar-refractivity contribution in [3.63, 3.8) is 0 Å². The molecule has 0 spiro atoms. The van der Waals surface area contributed by atoms with Crippen LogP contribution in [0.25, 0.3) is 0 Å². The Balaban J connectivity index is 3.15. The Morgan fingerprint density at radius 3 is 2.73 bits per heavy atom. The highest BCUT2D eigenvalue weighted by molar-refractivity contribution is 9.10. The quantitative estimate of drug-likeness (QED) is 0.510. The minimum absolute atomic E-state index is 0.106. The lowest BCUT2D eigenvalue weighted by Gasteiger charge is -2.00. The molecule has 4 nitrogen and oxygen atoms in total. The molecule has 3 N–H and O–H groups in total. The molecule has 0 fully saturated rings. The SMILES string of the molecule is NC(CCl)=Nc1cc(Br)cc(C(=O)O)c1. The summed E-state index contributed by atoms with van der Waals surface area (Å²) >= 11 is 8.65. The molecule has 1 aromatic carbocycles. The number of benzene rings is 1. The normalized spacial score (nSPS) is 11.5. The van der Waals surface area contributed by atoms with Crippen molar-refractivity contribution in [1.82, 2.24) is 0 Å². The van der Waals surface area contributed by atoms with E-state index in [1.54, 1.807) is 6.07 Å². The van der Waals surface area contributed by atoms with Crippen molar-refractivity contribution in [2.24, 2.45) is 10.7 Å². The van der Waals surface area contributed by atoms with E-state index in [-0.39, 0.29) is 17.3 Å². The molecule has 0 radical (unpaired) electrons. The summed E-state index contributed by atoms with van der Waals surface area (Å²) in [5.41, 5.74) is 6.04. The van der Waals surface area contributed by atoms with E-state index in [0.29, 0.717) is 10.2 Å². The zero-order chi connectivity index (χ0) is 11.4. The van der Waals surface area contributed by atoms with Gasteiger partial charge in [-0.15, -0.1) is 11.6 Å². The predicted octanol–water partition coefficient (Wildman–Crippen LogP) is 2.37. The number of hydrogen-bond acceptors (Lipinski definition) is 2. The first-order valence-electron chi connectivity index (χ1n) is 3.96. The number of carboxylic acids is 1. The summed E-state index contributed by atoms with van der Waals surface area (Å²) in [6.07, 6.45) is 0. The van der Waals surface area contributed by atoms with Crippen LogP contribution in [0.1, 0.15) is 10.4 Å². The topological polar surface area (TPSA) is 75.7 Å². The second-order valence-electron chi connectivity index (χ2n) is 2.74. The number of rotatable bonds is 3. The van der Waals surface area contributed by atoms with Crippen LogP contribution in [0, 0.1) is 0 Å². The van der Waals surface area contributed by atoms with Crippen LogP contribution in [0.5, 0.6) is 0 Å². The second kappa shape index (κ2) is 5.14. The van der Waals surface area contributed by atoms with Gasteiger partial charge in [-0.3, -0.25) is 0 Å². The highest BCUT2D eigenvalue weighted by Gasteiger charge is 2.05. The number of amidine groups is 1. The third kappa shape index (κ3) is 3.53. The average Bonchev–Trinajstić information content (AvgIpc) is 2.16. The van der Waals surface area contributed by atoms with Gasteiger partial charge in [-0.2, -0.15) is 0 Å². The molecule has 1 rings (SSSR count). The minimum atomic E-state index is -1.02. The molecule has 1 aromatic rings. The first-order chi connectivity index (χ1) is 7.02. The van der Waals surface area contributed by atoms with Crippen molar-refractivity contribution in [3.8, 4) is 0 Å². The molecule has 0 amide bonds. The van der Waals surface area contributed by atoms with Gasteiger partial charge in [-0.25, -0.2) is 9.79 Å². The van der Waals surface area contributed by atoms with Crippen LogP contribution >= 0.6 is 27.5 Å². The minimum Gasteiger partial charge on any atom is -0.478 e. The lowest BCUT2D eigenvalue weighted by Crippen LogP contribution is -2.12. The monoisotopic (exact) mass is 290 g/mol. The van der Waals surface area contributed by atoms with Crippen molar-refractivity contribution in [1.29, 1.82) is 0 Å². The number of aromatic carboxylic acids is 1. The summed E-state index contributed by atoms with van der Waals surface area (Å²) in [5.74, 6) is -0.669. The molecule has 0 bridgehead atoms. The lowest BCUT2D eigenvalue weighted by atomic mass is 10.2. The van der Waals surface area contributed by atoms with Crippen LogP contribution in [0.3, 0.4) is 0 Å². The largest absolute Gasteiger partial charge is 0.478 e. The third-order valence-electron chi connectivity index (χ3n) is 1.54. The Morgan fingerprint density at radius 1 is 1.53 bits per heavy atom. The Kier molecular flexibility index (Phi) is 4.11. The average molecular weight is 292 g/mol. The summed E-state index contributed by atoms with van der Waals surface area (Å²) in [6, 6.07) is 4.57. The van der Waals surface area contributed by atoms with Gasteiger partial charge in [0, 0.05) is 4.47 Å². The maximum absolute atomic E-state index is 10.7. The summed E-state index contributed by atoms with van der Waals surface area (Å²) in [5, 5.41) is 8.80. The summed E-state index contributed by atoms with van der Waals surface area (Å²) < 4.78 is 0.628. The van der Waals surface area contributed by atoms with E-state index in [1.165, 1.54) is 12.1 Å². The summed E-state index contributed by atoms with van der Waals surface area (Å²) in [6.45, 7) is 0. The molecule has 0 unspecified atom stereocenters. The number of nitrogens with zero attached hydrogens (tertiary/aromatic N) is 1. The van der Waals surface area contributed by atoms with Crippen molar-refractivity contribution in [2.45, 2.75) is 0 Å². The van der Waals surface area contributed by atoms with Gasteiger partial charge in [-0.05, 0) is 18.2 Å². The third-order valence-corrected chi connectivity index (χ3v) is 2.27. The number of hydrogen-bond donors (Lipinski definition) is 2. The van der Waals surface area contributed by atoms with Crippen LogP contribution in [-0.2, 0) is 0 Å². The first kappa shape index (κ1) is 12.0. The van der Waals surface area contributed by atoms with E-state index < -0.39 is 5.97 Å². The fourth-order valence-corrected chi connectivity index (χ4v) is 1.50. The Labute approximate surface area is 99.9 Å². The van der Waals surface area contributed by atoms with E-state index in [9.17, 15) is 4.79 Å². The maximum Gasteiger partial charge on any atom is 0.335 e. The molecular formula is C9H8BrClN2O2. The van der Waals surface area contributed by atoms with E-state index in [2.05, 4.69) is 20.9 Å². The number of halogens is 2. The highest BCUT2D eigenvalue weighted by atomic mass is 79.9. The van der Waals surface area contributed by atoms with E-state index in [1.807, 2.05) is 0 Å². The molecule has 0 heterocycles. The Bertz CT molecular complexity index is 421. The highest BCUT2D eigenvalue weighted by Crippen LogP contribution is 2.22. The fourth-order valence-electron chi connectivity index (χ4n) is 0.958. The van der Waals surface area contributed by atoms with Crippen molar-refractivity contribution in [3.05, 3.63) is 28.2 Å². The first-order valence-corrected chi connectivity index (χ1v) is 5.28. The molecule has 0 aliphatic carbocycles. The van der Waals surface area contributed by atoms with Gasteiger partial charge in [-0.1, -0.05) is 15.9 Å². The van der Waals surface area contributed by atoms with Crippen LogP contribution in [0.15, 0.2) is 27.7 Å². The van der Waals surface area contributed by atoms with Crippen LogP contribution in [-0.4, -0.2) is 22.8 Å². The zero-order valence-electron chi connectivity index (χ0n) is 7.58. The Hall–Kier alpha value is -1.07. The molecular weight excluding hydrogens is 283 g/mol. The van der Waals surface area contributed by atoms with E-state index in [0.717, 1.165) is 0 Å². The summed E-state index contributed by atoms with van der Waals surface area (Å²) in [7, 11) is 0. The van der Waals surface area contributed by atoms with Gasteiger partial charge in [0.15, 0.2) is 0 Å². The van der Waals surface area contributed by atoms with Gasteiger partial charge in [0.05, 0.1) is 17.1 Å². The molecule has 0 aliphatic rings. The number of aliphatic imine (C=N–C) groups is 1. The standard InChI is InChI=1S/C9H8BrClN2O2/c10-6-1-5(9(14)15)2-7(3-6)13-8(12)4-11/h1-3H,4H2,(H2,12,13)(H,14,15). The van der Waals surface area contributed by atoms with Crippen molar-refractivity contribution >= 4 is 45.0 Å². The fraction of sp³-hybridized carbons (Fsp3) is 0.111. The molecule has 0 aliphatic heterocycles. The van der Waals surface area contributed by atoms with Crippen LogP contribution < -0.4 is 5.73 Å². The van der Waals surface area contributed by atoms with E-state index in [4.69, 9.17) is 22.4 Å². The molecule has 15 heavy (non-hydrogen) atoms. The van der Waals surface area contributed by atoms with Gasteiger partial charge in [0.25, 0.3) is 0 Å². The number of alkyl halides is 1.